The Labute approximate surface area is 87.6 Å². The molecule has 0 radical (unpaired) electrons. The molecule has 0 aliphatic rings. The fourth-order valence-corrected chi connectivity index (χ4v) is 3.03. The van der Waals surface area contributed by atoms with Crippen LogP contribution in [0.2, 0.25) is 0 Å². The molecule has 0 aliphatic carbocycles. The summed E-state index contributed by atoms with van der Waals surface area (Å²) in [6.07, 6.45) is 2.91. The molecule has 0 amide bonds. The Morgan fingerprint density at radius 1 is 1.64 bits per heavy atom. The monoisotopic (exact) mass is 235 g/mol. The van der Waals surface area contributed by atoms with Crippen molar-refractivity contribution in [3.8, 4) is 0 Å². The summed E-state index contributed by atoms with van der Waals surface area (Å²) >= 11 is 1.36. The zero-order valence-corrected chi connectivity index (χ0v) is 9.73. The second-order valence-corrected chi connectivity index (χ2v) is 6.38. The van der Waals surface area contributed by atoms with E-state index in [-0.39, 0.29) is 5.75 Å². The van der Waals surface area contributed by atoms with Gasteiger partial charge in [-0.1, -0.05) is 0 Å². The van der Waals surface area contributed by atoms with Crippen LogP contribution >= 0.6 is 11.8 Å². The van der Waals surface area contributed by atoms with Crippen molar-refractivity contribution in [3.63, 3.8) is 0 Å². The number of anilines is 1. The highest BCUT2D eigenvalue weighted by molar-refractivity contribution is 8.00. The number of hydrogen-bond acceptors (Lipinski definition) is 5. The lowest BCUT2D eigenvalue weighted by Crippen LogP contribution is -2.05. The Bertz CT molecular complexity index is 411. The average molecular weight is 235 g/mol. The highest BCUT2D eigenvalue weighted by Gasteiger charge is 2.07. The zero-order valence-electron chi connectivity index (χ0n) is 8.10. The first-order valence-electron chi connectivity index (χ1n) is 3.98. The Kier molecular flexibility index (Phi) is 3.43. The summed E-state index contributed by atoms with van der Waals surface area (Å²) in [7, 11) is -1.12. The van der Waals surface area contributed by atoms with E-state index in [1.165, 1.54) is 18.0 Å². The number of nitrogens with two attached hydrogens (primary N) is 1. The van der Waals surface area contributed by atoms with E-state index < -0.39 is 9.84 Å². The molecule has 2 N–H and O–H groups in total. The second-order valence-electron chi connectivity index (χ2n) is 3.04. The minimum atomic E-state index is -2.90. The minimum absolute atomic E-state index is 0.147. The standard InChI is InChI=1S/C7H13N3O2S2/c1-10-5-6(8)7(9-10)13-3-4-14(2,11)12/h5H,3-4,8H2,1-2H3. The summed E-state index contributed by atoms with van der Waals surface area (Å²) in [5.41, 5.74) is 6.23. The van der Waals surface area contributed by atoms with E-state index in [9.17, 15) is 8.42 Å². The van der Waals surface area contributed by atoms with Crippen molar-refractivity contribution < 1.29 is 8.42 Å². The van der Waals surface area contributed by atoms with Crippen LogP contribution in [0.25, 0.3) is 0 Å². The fraction of sp³-hybridized carbons (Fsp3) is 0.571. The lowest BCUT2D eigenvalue weighted by molar-refractivity contribution is 0.603. The van der Waals surface area contributed by atoms with Crippen LogP contribution in [0, 0.1) is 0 Å². The topological polar surface area (TPSA) is 78.0 Å². The van der Waals surface area contributed by atoms with Gasteiger partial charge in [-0.3, -0.25) is 4.68 Å². The molecule has 0 atom stereocenters. The van der Waals surface area contributed by atoms with Crippen LogP contribution in [0.4, 0.5) is 5.69 Å². The quantitative estimate of drug-likeness (QED) is 0.751. The van der Waals surface area contributed by atoms with Gasteiger partial charge in [0.2, 0.25) is 0 Å². The largest absolute Gasteiger partial charge is 0.395 e. The van der Waals surface area contributed by atoms with E-state index in [1.54, 1.807) is 17.9 Å². The molecule has 0 unspecified atom stereocenters. The van der Waals surface area contributed by atoms with Gasteiger partial charge in [0.05, 0.1) is 11.4 Å². The third-order valence-corrected chi connectivity index (χ3v) is 3.72. The van der Waals surface area contributed by atoms with Crippen molar-refractivity contribution in [1.29, 1.82) is 0 Å². The summed E-state index contributed by atoms with van der Waals surface area (Å²) in [4.78, 5) is 0. The number of rotatable bonds is 4. The van der Waals surface area contributed by atoms with Crippen LogP contribution in [-0.2, 0) is 16.9 Å². The maximum atomic E-state index is 10.8. The van der Waals surface area contributed by atoms with Crippen molar-refractivity contribution in [2.24, 2.45) is 7.05 Å². The predicted octanol–water partition coefficient (Wildman–Crippen LogP) is 0.139. The van der Waals surface area contributed by atoms with E-state index >= 15 is 0 Å². The maximum Gasteiger partial charge on any atom is 0.148 e. The van der Waals surface area contributed by atoms with E-state index in [0.29, 0.717) is 16.5 Å². The van der Waals surface area contributed by atoms with Gasteiger partial charge in [-0.05, 0) is 0 Å². The van der Waals surface area contributed by atoms with Gasteiger partial charge in [-0.25, -0.2) is 8.42 Å². The third-order valence-electron chi connectivity index (χ3n) is 1.51. The van der Waals surface area contributed by atoms with Gasteiger partial charge in [-0.15, -0.1) is 11.8 Å². The van der Waals surface area contributed by atoms with Gasteiger partial charge in [-0.2, -0.15) is 5.10 Å². The van der Waals surface area contributed by atoms with Crippen LogP contribution in [0.1, 0.15) is 0 Å². The minimum Gasteiger partial charge on any atom is -0.395 e. The SMILES string of the molecule is Cn1cc(N)c(SCCS(C)(=O)=O)n1. The number of nitrogen functional groups attached to an aromatic ring is 1. The lowest BCUT2D eigenvalue weighted by Gasteiger charge is -1.97. The number of nitrogens with zero attached hydrogens (tertiary/aromatic N) is 2. The van der Waals surface area contributed by atoms with Crippen LogP contribution in [0.3, 0.4) is 0 Å². The smallest absolute Gasteiger partial charge is 0.148 e. The highest BCUT2D eigenvalue weighted by atomic mass is 32.2. The van der Waals surface area contributed by atoms with Crippen LogP contribution in [0.5, 0.6) is 0 Å². The van der Waals surface area contributed by atoms with Crippen molar-refractivity contribution >= 4 is 27.3 Å². The molecule has 0 fully saturated rings. The molecule has 1 heterocycles. The Morgan fingerprint density at radius 3 is 2.71 bits per heavy atom. The van der Waals surface area contributed by atoms with Crippen molar-refractivity contribution in [2.45, 2.75) is 5.03 Å². The van der Waals surface area contributed by atoms with Gasteiger partial charge < -0.3 is 5.73 Å². The number of aryl methyl sites for hydroxylation is 1. The molecule has 80 valence electrons. The first-order valence-corrected chi connectivity index (χ1v) is 7.03. The van der Waals surface area contributed by atoms with Gasteiger partial charge in [0.1, 0.15) is 14.9 Å². The third kappa shape index (κ3) is 3.59. The first kappa shape index (κ1) is 11.4. The zero-order chi connectivity index (χ0) is 10.8. The fourth-order valence-electron chi connectivity index (χ4n) is 0.888. The van der Waals surface area contributed by atoms with Crippen molar-refractivity contribution in [2.75, 3.05) is 23.5 Å². The molecule has 1 aromatic heterocycles. The van der Waals surface area contributed by atoms with E-state index in [1.807, 2.05) is 0 Å². The molecular formula is C7H13N3O2S2. The van der Waals surface area contributed by atoms with Crippen molar-refractivity contribution in [3.05, 3.63) is 6.20 Å². The van der Waals surface area contributed by atoms with Gasteiger partial charge in [0.25, 0.3) is 0 Å². The summed E-state index contributed by atoms with van der Waals surface area (Å²) in [6, 6.07) is 0. The van der Waals surface area contributed by atoms with Crippen LogP contribution in [0.15, 0.2) is 11.2 Å². The summed E-state index contributed by atoms with van der Waals surface area (Å²) in [5.74, 6) is 0.633. The van der Waals surface area contributed by atoms with Gasteiger partial charge in [0, 0.05) is 25.3 Å². The molecule has 0 aliphatic heterocycles. The van der Waals surface area contributed by atoms with E-state index in [0.717, 1.165) is 0 Å². The van der Waals surface area contributed by atoms with Gasteiger partial charge in [0.15, 0.2) is 0 Å². The normalized spacial score (nSPS) is 11.9. The number of sulfone groups is 1. The second kappa shape index (κ2) is 4.22. The lowest BCUT2D eigenvalue weighted by atomic mass is 10.6. The highest BCUT2D eigenvalue weighted by Crippen LogP contribution is 2.22. The number of thioether (sulfide) groups is 1. The molecule has 5 nitrogen and oxygen atoms in total. The predicted molar refractivity (Wildman–Crippen MR) is 58.1 cm³/mol. The Balaban J connectivity index is 2.50. The van der Waals surface area contributed by atoms with Crippen LogP contribution in [-0.4, -0.2) is 36.0 Å². The molecule has 0 spiro atoms. The summed E-state index contributed by atoms with van der Waals surface area (Å²) in [5, 5.41) is 4.78. The van der Waals surface area contributed by atoms with Crippen molar-refractivity contribution in [1.82, 2.24) is 9.78 Å². The molecule has 0 saturated heterocycles. The molecule has 7 heteroatoms. The van der Waals surface area contributed by atoms with Crippen LogP contribution < -0.4 is 5.73 Å². The molecule has 0 saturated carbocycles. The maximum absolute atomic E-state index is 10.8. The number of hydrogen-bond donors (Lipinski definition) is 1. The number of aromatic nitrogens is 2. The van der Waals surface area contributed by atoms with E-state index in [2.05, 4.69) is 5.10 Å². The molecule has 0 aromatic carbocycles. The molecular weight excluding hydrogens is 222 g/mol. The molecule has 0 bridgehead atoms. The van der Waals surface area contributed by atoms with Gasteiger partial charge >= 0.3 is 0 Å². The summed E-state index contributed by atoms with van der Waals surface area (Å²) in [6.45, 7) is 0. The van der Waals surface area contributed by atoms with E-state index in [4.69, 9.17) is 5.73 Å². The average Bonchev–Trinajstić information content (AvgIpc) is 2.27. The molecule has 1 rings (SSSR count). The first-order chi connectivity index (χ1) is 6.38. The Hall–Kier alpha value is -0.690. The summed E-state index contributed by atoms with van der Waals surface area (Å²) < 4.78 is 23.3. The Morgan fingerprint density at radius 2 is 2.29 bits per heavy atom. The molecule has 14 heavy (non-hydrogen) atoms. The molecule has 1 aromatic rings.